The number of anilines is 2. The van der Waals surface area contributed by atoms with Crippen molar-refractivity contribution in [2.75, 3.05) is 17.7 Å². The summed E-state index contributed by atoms with van der Waals surface area (Å²) in [5.74, 6) is 0.0446. The first-order valence-electron chi connectivity index (χ1n) is 7.19. The van der Waals surface area contributed by atoms with E-state index in [0.29, 0.717) is 28.1 Å². The zero-order valence-electron chi connectivity index (χ0n) is 13.1. The van der Waals surface area contributed by atoms with Crippen LogP contribution in [0.4, 0.5) is 11.7 Å². The first kappa shape index (κ1) is 15.5. The smallest absolute Gasteiger partial charge is 0.302 e. The number of fused-ring (bicyclic) bond motifs is 1. The van der Waals surface area contributed by atoms with Crippen molar-refractivity contribution in [1.29, 1.82) is 0 Å². The molecule has 1 aromatic heterocycles. The first-order chi connectivity index (χ1) is 11.5. The van der Waals surface area contributed by atoms with E-state index in [1.165, 1.54) is 14.0 Å². The van der Waals surface area contributed by atoms with Crippen LogP contribution in [-0.2, 0) is 4.79 Å². The number of rotatable bonds is 4. The average molecular weight is 325 g/mol. The van der Waals surface area contributed by atoms with Crippen molar-refractivity contribution in [3.63, 3.8) is 0 Å². The Hall–Kier alpha value is -3.35. The zero-order valence-corrected chi connectivity index (χ0v) is 13.1. The summed E-state index contributed by atoms with van der Waals surface area (Å²) in [5.41, 5.74) is 2.06. The van der Waals surface area contributed by atoms with Crippen LogP contribution in [0.25, 0.3) is 11.1 Å². The average Bonchev–Trinajstić information content (AvgIpc) is 2.95. The summed E-state index contributed by atoms with van der Waals surface area (Å²) < 4.78 is 10.6. The molecule has 122 valence electrons. The molecule has 3 rings (SSSR count). The second-order valence-electron chi connectivity index (χ2n) is 5.07. The topological polar surface area (TPSA) is 93.5 Å². The highest BCUT2D eigenvalue weighted by Crippen LogP contribution is 2.23. The van der Waals surface area contributed by atoms with Gasteiger partial charge in [-0.15, -0.1) is 0 Å². The Kier molecular flexibility index (Phi) is 4.15. The van der Waals surface area contributed by atoms with E-state index in [9.17, 15) is 9.59 Å². The second kappa shape index (κ2) is 6.41. The highest BCUT2D eigenvalue weighted by Gasteiger charge is 2.12. The van der Waals surface area contributed by atoms with Crippen molar-refractivity contribution < 1.29 is 18.7 Å². The maximum absolute atomic E-state index is 12.2. The van der Waals surface area contributed by atoms with E-state index < -0.39 is 0 Å². The van der Waals surface area contributed by atoms with Crippen LogP contribution in [0.15, 0.2) is 46.9 Å². The summed E-state index contributed by atoms with van der Waals surface area (Å²) in [6, 6.07) is 11.9. The van der Waals surface area contributed by atoms with Gasteiger partial charge in [-0.1, -0.05) is 6.07 Å². The highest BCUT2D eigenvalue weighted by atomic mass is 16.5. The van der Waals surface area contributed by atoms with Crippen LogP contribution >= 0.6 is 0 Å². The number of hydrogen-bond donors (Lipinski definition) is 2. The number of methoxy groups -OCH3 is 1. The monoisotopic (exact) mass is 325 g/mol. The molecule has 0 aliphatic carbocycles. The van der Waals surface area contributed by atoms with Gasteiger partial charge in [-0.05, 0) is 30.3 Å². The maximum atomic E-state index is 12.2. The van der Waals surface area contributed by atoms with Crippen LogP contribution < -0.4 is 15.4 Å². The number of carbonyl (C=O) groups excluding carboxylic acids is 2. The van der Waals surface area contributed by atoms with Crippen LogP contribution in [0.5, 0.6) is 5.75 Å². The third-order valence-corrected chi connectivity index (χ3v) is 3.26. The van der Waals surface area contributed by atoms with Gasteiger partial charge in [0.1, 0.15) is 11.3 Å². The summed E-state index contributed by atoms with van der Waals surface area (Å²) in [7, 11) is 1.53. The van der Waals surface area contributed by atoms with E-state index >= 15 is 0 Å². The Labute approximate surface area is 137 Å². The Balaban J connectivity index is 1.81. The molecule has 2 aromatic carbocycles. The number of nitrogens with zero attached hydrogens (tertiary/aromatic N) is 1. The van der Waals surface area contributed by atoms with E-state index in [1.54, 1.807) is 42.5 Å². The molecule has 1 heterocycles. The molecule has 0 aliphatic rings. The molecule has 0 radical (unpaired) electrons. The molecule has 7 heteroatoms. The molecule has 3 aromatic rings. The highest BCUT2D eigenvalue weighted by molar-refractivity contribution is 6.03. The third kappa shape index (κ3) is 3.35. The van der Waals surface area contributed by atoms with E-state index in [2.05, 4.69) is 15.6 Å². The standard InChI is InChI=1S/C17H15N3O4/c1-10(21)18-12-6-7-14-15(9-12)24-17(19-14)20-16(22)11-4-3-5-13(8-11)23-2/h3-9H,1-2H3,(H,18,21)(H,19,20,22). The minimum atomic E-state index is -0.359. The first-order valence-corrected chi connectivity index (χ1v) is 7.19. The predicted molar refractivity (Wildman–Crippen MR) is 89.3 cm³/mol. The Morgan fingerprint density at radius 1 is 1.12 bits per heavy atom. The minimum absolute atomic E-state index is 0.0813. The molecule has 0 saturated heterocycles. The van der Waals surface area contributed by atoms with Gasteiger partial charge in [0.25, 0.3) is 5.91 Å². The van der Waals surface area contributed by atoms with Crippen LogP contribution in [0.3, 0.4) is 0 Å². The predicted octanol–water partition coefficient (Wildman–Crippen LogP) is 3.05. The molecular weight excluding hydrogens is 310 g/mol. The van der Waals surface area contributed by atoms with E-state index in [4.69, 9.17) is 9.15 Å². The SMILES string of the molecule is COc1cccc(C(=O)Nc2nc3ccc(NC(C)=O)cc3o2)c1. The maximum Gasteiger partial charge on any atom is 0.302 e. The fourth-order valence-electron chi connectivity index (χ4n) is 2.19. The lowest BCUT2D eigenvalue weighted by Gasteiger charge is -2.03. The van der Waals surface area contributed by atoms with Crippen molar-refractivity contribution >= 4 is 34.6 Å². The van der Waals surface area contributed by atoms with Gasteiger partial charge in [0.15, 0.2) is 5.58 Å². The molecule has 0 saturated carbocycles. The van der Waals surface area contributed by atoms with Crippen molar-refractivity contribution in [1.82, 2.24) is 4.98 Å². The fourth-order valence-corrected chi connectivity index (χ4v) is 2.19. The normalized spacial score (nSPS) is 10.4. The number of oxazole rings is 1. The number of aromatic nitrogens is 1. The number of ether oxygens (including phenoxy) is 1. The van der Waals surface area contributed by atoms with Gasteiger partial charge in [0.05, 0.1) is 7.11 Å². The van der Waals surface area contributed by atoms with Gasteiger partial charge in [-0.2, -0.15) is 4.98 Å². The summed E-state index contributed by atoms with van der Waals surface area (Å²) in [6.45, 7) is 1.42. The molecule has 0 bridgehead atoms. The lowest BCUT2D eigenvalue weighted by molar-refractivity contribution is -0.114. The van der Waals surface area contributed by atoms with Gasteiger partial charge in [0.2, 0.25) is 5.91 Å². The molecular formula is C17H15N3O4. The zero-order chi connectivity index (χ0) is 17.1. The Morgan fingerprint density at radius 2 is 1.96 bits per heavy atom. The summed E-state index contributed by atoms with van der Waals surface area (Å²) in [6.07, 6.45) is 0. The van der Waals surface area contributed by atoms with Crippen molar-refractivity contribution in [3.05, 3.63) is 48.0 Å². The third-order valence-electron chi connectivity index (χ3n) is 3.26. The van der Waals surface area contributed by atoms with E-state index in [1.807, 2.05) is 0 Å². The summed E-state index contributed by atoms with van der Waals surface area (Å²) in [5, 5.41) is 5.26. The van der Waals surface area contributed by atoms with Crippen LogP contribution in [0.1, 0.15) is 17.3 Å². The molecule has 2 amide bonds. The molecule has 24 heavy (non-hydrogen) atoms. The number of nitrogens with one attached hydrogen (secondary N) is 2. The van der Waals surface area contributed by atoms with Crippen LogP contribution in [0.2, 0.25) is 0 Å². The summed E-state index contributed by atoms with van der Waals surface area (Å²) >= 11 is 0. The van der Waals surface area contributed by atoms with Crippen molar-refractivity contribution in [2.24, 2.45) is 0 Å². The van der Waals surface area contributed by atoms with Gasteiger partial charge >= 0.3 is 6.01 Å². The molecule has 0 spiro atoms. The van der Waals surface area contributed by atoms with Crippen LogP contribution in [-0.4, -0.2) is 23.9 Å². The minimum Gasteiger partial charge on any atom is -0.497 e. The summed E-state index contributed by atoms with van der Waals surface area (Å²) in [4.78, 5) is 27.5. The Bertz CT molecular complexity index is 917. The molecule has 0 atom stereocenters. The number of benzene rings is 2. The number of hydrogen-bond acceptors (Lipinski definition) is 5. The quantitative estimate of drug-likeness (QED) is 0.769. The van der Waals surface area contributed by atoms with E-state index in [-0.39, 0.29) is 17.8 Å². The second-order valence-corrected chi connectivity index (χ2v) is 5.07. The lowest BCUT2D eigenvalue weighted by atomic mass is 10.2. The van der Waals surface area contributed by atoms with E-state index in [0.717, 1.165) is 0 Å². The van der Waals surface area contributed by atoms with Gasteiger partial charge in [-0.25, -0.2) is 0 Å². The van der Waals surface area contributed by atoms with Crippen molar-refractivity contribution in [2.45, 2.75) is 6.92 Å². The number of amides is 2. The molecule has 0 unspecified atom stereocenters. The van der Waals surface area contributed by atoms with Gasteiger partial charge < -0.3 is 14.5 Å². The molecule has 0 aliphatic heterocycles. The van der Waals surface area contributed by atoms with Crippen LogP contribution in [0, 0.1) is 0 Å². The fraction of sp³-hybridized carbons (Fsp3) is 0.118. The molecule has 0 fully saturated rings. The molecule has 2 N–H and O–H groups in total. The number of carbonyl (C=O) groups is 2. The lowest BCUT2D eigenvalue weighted by Crippen LogP contribution is -2.12. The Morgan fingerprint density at radius 3 is 2.71 bits per heavy atom. The van der Waals surface area contributed by atoms with Crippen molar-refractivity contribution in [3.8, 4) is 5.75 Å². The largest absolute Gasteiger partial charge is 0.497 e. The van der Waals surface area contributed by atoms with Gasteiger partial charge in [-0.3, -0.25) is 14.9 Å². The van der Waals surface area contributed by atoms with Gasteiger partial charge in [0, 0.05) is 24.2 Å². The molecule has 7 nitrogen and oxygen atoms in total.